The molecule has 6 heteroatoms. The molecule has 1 aliphatic rings. The molecule has 3 aromatic rings. The summed E-state index contributed by atoms with van der Waals surface area (Å²) in [5, 5.41) is 3.87. The van der Waals surface area contributed by atoms with Crippen molar-refractivity contribution >= 4 is 46.0 Å². The van der Waals surface area contributed by atoms with Crippen LogP contribution in [-0.4, -0.2) is 30.5 Å². The van der Waals surface area contributed by atoms with Gasteiger partial charge >= 0.3 is 5.97 Å². The molecule has 5 nitrogen and oxygen atoms in total. The van der Waals surface area contributed by atoms with E-state index >= 15 is 0 Å². The van der Waals surface area contributed by atoms with Crippen LogP contribution < -0.4 is 5.32 Å². The maximum Gasteiger partial charge on any atom is 0.339 e. The van der Waals surface area contributed by atoms with E-state index < -0.39 is 5.97 Å². The van der Waals surface area contributed by atoms with Crippen LogP contribution in [0.15, 0.2) is 48.5 Å². The van der Waals surface area contributed by atoms with Crippen molar-refractivity contribution in [2.24, 2.45) is 0 Å². The SMILES string of the molecule is CNC(=O)COC(=O)c1c2c(nc3ccccc13)/C(=C/c1ccc(Cl)cc1)CC2. The molecule has 0 radical (unpaired) electrons. The van der Waals surface area contributed by atoms with E-state index in [4.69, 9.17) is 21.3 Å². The van der Waals surface area contributed by atoms with E-state index in [1.807, 2.05) is 48.5 Å². The van der Waals surface area contributed by atoms with Crippen LogP contribution in [0.5, 0.6) is 0 Å². The number of rotatable bonds is 4. The summed E-state index contributed by atoms with van der Waals surface area (Å²) in [7, 11) is 1.50. The Morgan fingerprint density at radius 3 is 2.66 bits per heavy atom. The molecule has 1 aliphatic carbocycles. The summed E-state index contributed by atoms with van der Waals surface area (Å²) in [4.78, 5) is 29.2. The minimum atomic E-state index is -0.504. The first kappa shape index (κ1) is 19.2. The van der Waals surface area contributed by atoms with Crippen molar-refractivity contribution in [3.63, 3.8) is 0 Å². The zero-order chi connectivity index (χ0) is 20.4. The van der Waals surface area contributed by atoms with Crippen LogP contribution in [0.1, 0.15) is 33.6 Å². The fourth-order valence-corrected chi connectivity index (χ4v) is 3.67. The van der Waals surface area contributed by atoms with Crippen LogP contribution in [0.2, 0.25) is 5.02 Å². The summed E-state index contributed by atoms with van der Waals surface area (Å²) in [5.74, 6) is -0.854. The fraction of sp³-hybridized carbons (Fsp3) is 0.174. The Morgan fingerprint density at radius 2 is 1.90 bits per heavy atom. The van der Waals surface area contributed by atoms with Gasteiger partial charge in [-0.1, -0.05) is 41.9 Å². The van der Waals surface area contributed by atoms with E-state index in [-0.39, 0.29) is 12.5 Å². The van der Waals surface area contributed by atoms with Gasteiger partial charge in [0.05, 0.1) is 16.8 Å². The van der Waals surface area contributed by atoms with Crippen LogP contribution >= 0.6 is 11.6 Å². The Labute approximate surface area is 173 Å². The number of benzene rings is 2. The van der Waals surface area contributed by atoms with E-state index in [1.54, 1.807) is 0 Å². The van der Waals surface area contributed by atoms with E-state index in [0.717, 1.165) is 39.7 Å². The second kappa shape index (κ2) is 8.05. The van der Waals surface area contributed by atoms with Crippen molar-refractivity contribution in [1.82, 2.24) is 10.3 Å². The summed E-state index contributed by atoms with van der Waals surface area (Å²) < 4.78 is 5.27. The number of nitrogens with zero attached hydrogens (tertiary/aromatic N) is 1. The fourth-order valence-electron chi connectivity index (χ4n) is 3.55. The molecule has 0 unspecified atom stereocenters. The Morgan fingerprint density at radius 1 is 1.14 bits per heavy atom. The topological polar surface area (TPSA) is 68.3 Å². The number of nitrogens with one attached hydrogen (secondary N) is 1. The molecule has 0 aliphatic heterocycles. The Hall–Kier alpha value is -3.18. The average Bonchev–Trinajstić information content (AvgIpc) is 3.13. The van der Waals surface area contributed by atoms with Crippen LogP contribution in [0, 0.1) is 0 Å². The Balaban J connectivity index is 1.80. The van der Waals surface area contributed by atoms with E-state index in [2.05, 4.69) is 11.4 Å². The number of aromatic nitrogens is 1. The van der Waals surface area contributed by atoms with Gasteiger partial charge < -0.3 is 10.1 Å². The number of amides is 1. The number of hydrogen-bond donors (Lipinski definition) is 1. The normalized spacial score (nSPS) is 14.1. The van der Waals surface area contributed by atoms with Gasteiger partial charge in [0.25, 0.3) is 5.91 Å². The molecule has 2 aromatic carbocycles. The van der Waals surface area contributed by atoms with Gasteiger partial charge in [0.2, 0.25) is 0 Å². The zero-order valence-corrected chi connectivity index (χ0v) is 16.6. The van der Waals surface area contributed by atoms with Gasteiger partial charge in [0.1, 0.15) is 0 Å². The number of carbonyl (C=O) groups is 2. The number of hydrogen-bond acceptors (Lipinski definition) is 4. The predicted octanol–water partition coefficient (Wildman–Crippen LogP) is 4.28. The van der Waals surface area contributed by atoms with Gasteiger partial charge in [-0.05, 0) is 53.8 Å². The number of pyridine rings is 1. The van der Waals surface area contributed by atoms with Gasteiger partial charge in [-0.3, -0.25) is 4.79 Å². The molecule has 1 heterocycles. The molecular formula is C23H19ClN2O3. The van der Waals surface area contributed by atoms with Crippen molar-refractivity contribution in [1.29, 1.82) is 0 Å². The molecule has 0 atom stereocenters. The number of allylic oxidation sites excluding steroid dienone is 1. The number of likely N-dealkylation sites (N-methyl/N-ethyl adjacent to an activating group) is 1. The average molecular weight is 407 g/mol. The van der Waals surface area contributed by atoms with Crippen molar-refractivity contribution < 1.29 is 14.3 Å². The van der Waals surface area contributed by atoms with Gasteiger partial charge in [-0.15, -0.1) is 0 Å². The molecule has 1 N–H and O–H groups in total. The quantitative estimate of drug-likeness (QED) is 0.657. The van der Waals surface area contributed by atoms with Crippen molar-refractivity contribution in [2.75, 3.05) is 13.7 Å². The number of fused-ring (bicyclic) bond motifs is 2. The first-order valence-electron chi connectivity index (χ1n) is 9.32. The summed E-state index contributed by atoms with van der Waals surface area (Å²) in [6.45, 7) is -0.311. The molecule has 1 amide bonds. The molecule has 0 saturated carbocycles. The van der Waals surface area contributed by atoms with E-state index in [1.165, 1.54) is 7.05 Å². The second-order valence-electron chi connectivity index (χ2n) is 6.80. The molecule has 4 rings (SSSR count). The first-order chi connectivity index (χ1) is 14.1. The van der Waals surface area contributed by atoms with Gasteiger partial charge in [0.15, 0.2) is 6.61 Å². The number of para-hydroxylation sites is 1. The maximum atomic E-state index is 12.9. The summed E-state index contributed by atoms with van der Waals surface area (Å²) in [5.41, 5.74) is 4.98. The van der Waals surface area contributed by atoms with Crippen molar-refractivity contribution in [2.45, 2.75) is 12.8 Å². The Bertz CT molecular complexity index is 1140. The molecule has 0 fully saturated rings. The molecule has 0 spiro atoms. The lowest BCUT2D eigenvalue weighted by molar-refractivity contribution is -0.123. The van der Waals surface area contributed by atoms with E-state index in [9.17, 15) is 9.59 Å². The molecule has 0 bridgehead atoms. The highest BCUT2D eigenvalue weighted by Crippen LogP contribution is 2.37. The largest absolute Gasteiger partial charge is 0.452 e. The van der Waals surface area contributed by atoms with Crippen LogP contribution in [0.4, 0.5) is 0 Å². The maximum absolute atomic E-state index is 12.9. The lowest BCUT2D eigenvalue weighted by Gasteiger charge is -2.12. The third-order valence-electron chi connectivity index (χ3n) is 4.97. The number of ether oxygens (including phenoxy) is 1. The molecule has 1 aromatic heterocycles. The predicted molar refractivity (Wildman–Crippen MR) is 114 cm³/mol. The second-order valence-corrected chi connectivity index (χ2v) is 7.24. The molecular weight excluding hydrogens is 388 g/mol. The van der Waals surface area contributed by atoms with Gasteiger partial charge in [0, 0.05) is 17.5 Å². The smallest absolute Gasteiger partial charge is 0.339 e. The van der Waals surface area contributed by atoms with Crippen molar-refractivity contribution in [3.8, 4) is 0 Å². The summed E-state index contributed by atoms with van der Waals surface area (Å²) in [6.07, 6.45) is 3.54. The Kier molecular flexibility index (Phi) is 5.32. The molecule has 0 saturated heterocycles. The third-order valence-corrected chi connectivity index (χ3v) is 5.22. The van der Waals surface area contributed by atoms with Gasteiger partial charge in [-0.25, -0.2) is 9.78 Å². The van der Waals surface area contributed by atoms with Crippen LogP contribution in [-0.2, 0) is 16.0 Å². The highest BCUT2D eigenvalue weighted by Gasteiger charge is 2.27. The van der Waals surface area contributed by atoms with E-state index in [0.29, 0.717) is 17.0 Å². The molecule has 29 heavy (non-hydrogen) atoms. The number of esters is 1. The van der Waals surface area contributed by atoms with Crippen LogP contribution in [0.25, 0.3) is 22.6 Å². The third kappa shape index (κ3) is 3.87. The first-order valence-corrected chi connectivity index (χ1v) is 9.70. The number of carbonyl (C=O) groups excluding carboxylic acids is 2. The van der Waals surface area contributed by atoms with Gasteiger partial charge in [-0.2, -0.15) is 0 Å². The highest BCUT2D eigenvalue weighted by atomic mass is 35.5. The number of halogens is 1. The highest BCUT2D eigenvalue weighted by molar-refractivity contribution is 6.30. The molecule has 146 valence electrons. The lowest BCUT2D eigenvalue weighted by atomic mass is 10.0. The lowest BCUT2D eigenvalue weighted by Crippen LogP contribution is -2.25. The zero-order valence-electron chi connectivity index (χ0n) is 15.9. The standard InChI is InChI=1S/C23H19ClN2O3/c1-25-20(27)13-29-23(28)21-17-4-2-3-5-19(17)26-22-15(8-11-18(21)22)12-14-6-9-16(24)10-7-14/h2-7,9-10,12H,8,11,13H2,1H3,(H,25,27)/b15-12+. The summed E-state index contributed by atoms with van der Waals surface area (Å²) in [6, 6.07) is 15.1. The van der Waals surface area contributed by atoms with Crippen LogP contribution in [0.3, 0.4) is 0 Å². The summed E-state index contributed by atoms with van der Waals surface area (Å²) >= 11 is 5.98. The van der Waals surface area contributed by atoms with Crippen molar-refractivity contribution in [3.05, 3.63) is 75.9 Å². The minimum absolute atomic E-state index is 0.311. The monoisotopic (exact) mass is 406 g/mol. The minimum Gasteiger partial charge on any atom is -0.452 e.